The molecule has 0 spiro atoms. The highest BCUT2D eigenvalue weighted by molar-refractivity contribution is 7.91. The summed E-state index contributed by atoms with van der Waals surface area (Å²) in [5.41, 5.74) is 0. The molecule has 9 nitrogen and oxygen atoms in total. The Kier molecular flexibility index (Phi) is 9.58. The van der Waals surface area contributed by atoms with Gasteiger partial charge in [0.2, 0.25) is 10.0 Å². The number of sulfonamides is 1. The topological polar surface area (TPSA) is 120 Å². The van der Waals surface area contributed by atoms with Crippen LogP contribution in [0.4, 0.5) is 0 Å². The molecule has 1 aromatic heterocycles. The molecule has 164 valence electrons. The highest BCUT2D eigenvalue weighted by Crippen LogP contribution is 2.17. The first-order valence-electron chi connectivity index (χ1n) is 9.22. The molecular weight excluding hydrogens is 432 g/mol. The molecule has 0 saturated heterocycles. The molecule has 2 rings (SSSR count). The highest BCUT2D eigenvalue weighted by Gasteiger charge is 2.15. The van der Waals surface area contributed by atoms with Gasteiger partial charge in [-0.1, -0.05) is 6.07 Å². The summed E-state index contributed by atoms with van der Waals surface area (Å²) in [7, 11) is -3.63. The number of benzene rings is 1. The molecule has 0 aliphatic rings. The molecule has 0 aliphatic heterocycles. The van der Waals surface area contributed by atoms with Crippen molar-refractivity contribution in [1.29, 1.82) is 0 Å². The second-order valence-electron chi connectivity index (χ2n) is 5.84. The molecule has 0 saturated carbocycles. The maximum absolute atomic E-state index is 11.9. The van der Waals surface area contributed by atoms with Crippen molar-refractivity contribution < 1.29 is 32.2 Å². The first-order chi connectivity index (χ1) is 14.4. The van der Waals surface area contributed by atoms with Gasteiger partial charge in [-0.05, 0) is 42.6 Å². The van der Waals surface area contributed by atoms with Gasteiger partial charge in [0.05, 0.1) is 19.6 Å². The van der Waals surface area contributed by atoms with Crippen LogP contribution in [0.5, 0.6) is 11.5 Å². The van der Waals surface area contributed by atoms with E-state index >= 15 is 0 Å². The molecule has 0 unspecified atom stereocenters. The Bertz CT molecular complexity index is 897. The predicted octanol–water partition coefficient (Wildman–Crippen LogP) is 1.55. The van der Waals surface area contributed by atoms with Crippen molar-refractivity contribution in [1.82, 2.24) is 10.0 Å². The van der Waals surface area contributed by atoms with Gasteiger partial charge >= 0.3 is 5.97 Å². The van der Waals surface area contributed by atoms with Gasteiger partial charge in [-0.25, -0.2) is 13.1 Å². The van der Waals surface area contributed by atoms with Crippen LogP contribution in [0.2, 0.25) is 0 Å². The molecule has 0 radical (unpaired) electrons. The Morgan fingerprint density at radius 3 is 2.37 bits per heavy atom. The third-order valence-electron chi connectivity index (χ3n) is 3.57. The number of ether oxygens (including phenoxy) is 3. The molecular formula is C19H24N2O7S2. The van der Waals surface area contributed by atoms with E-state index in [-0.39, 0.29) is 30.3 Å². The molecule has 11 heteroatoms. The van der Waals surface area contributed by atoms with E-state index in [0.717, 1.165) is 17.1 Å². The fraction of sp³-hybridized carbons (Fsp3) is 0.368. The minimum atomic E-state index is -3.63. The third kappa shape index (κ3) is 8.39. The van der Waals surface area contributed by atoms with E-state index in [4.69, 9.17) is 14.2 Å². The quantitative estimate of drug-likeness (QED) is 0.347. The maximum atomic E-state index is 11.9. The van der Waals surface area contributed by atoms with Crippen molar-refractivity contribution in [2.75, 3.05) is 32.9 Å². The lowest BCUT2D eigenvalue weighted by atomic mass is 10.3. The summed E-state index contributed by atoms with van der Waals surface area (Å²) >= 11 is 1.08. The molecule has 30 heavy (non-hydrogen) atoms. The molecule has 2 N–H and O–H groups in total. The smallest absolute Gasteiger partial charge is 0.307 e. The maximum Gasteiger partial charge on any atom is 0.307 e. The van der Waals surface area contributed by atoms with Crippen LogP contribution in [0.15, 0.2) is 46.0 Å². The minimum Gasteiger partial charge on any atom is -0.494 e. The Labute approximate surface area is 179 Å². The molecule has 1 aromatic carbocycles. The lowest BCUT2D eigenvalue weighted by Crippen LogP contribution is -2.32. The van der Waals surface area contributed by atoms with Gasteiger partial charge in [0.15, 0.2) is 6.61 Å². The van der Waals surface area contributed by atoms with Gasteiger partial charge in [-0.2, -0.15) is 0 Å². The second kappa shape index (κ2) is 12.2. The number of hydrogen-bond donors (Lipinski definition) is 2. The van der Waals surface area contributed by atoms with Crippen LogP contribution in [-0.2, 0) is 24.3 Å². The Morgan fingerprint density at radius 2 is 1.73 bits per heavy atom. The predicted molar refractivity (Wildman–Crippen MR) is 111 cm³/mol. The summed E-state index contributed by atoms with van der Waals surface area (Å²) in [4.78, 5) is 23.3. The van der Waals surface area contributed by atoms with Gasteiger partial charge in [0, 0.05) is 6.54 Å². The molecule has 0 bridgehead atoms. The number of thiophene rings is 1. The molecule has 0 aliphatic carbocycles. The SMILES string of the molecule is CCOc1ccc(OCCNC(=O)COC(=O)CCNS(=O)(=O)c2cccs2)cc1. The normalized spacial score (nSPS) is 11.0. The van der Waals surface area contributed by atoms with E-state index in [2.05, 4.69) is 10.0 Å². The second-order valence-corrected chi connectivity index (χ2v) is 8.78. The summed E-state index contributed by atoms with van der Waals surface area (Å²) in [6.07, 6.45) is -0.182. The number of hydrogen-bond acceptors (Lipinski definition) is 8. The lowest BCUT2D eigenvalue weighted by Gasteiger charge is -2.09. The summed E-state index contributed by atoms with van der Waals surface area (Å²) < 4.78 is 41.9. The number of amides is 1. The largest absolute Gasteiger partial charge is 0.494 e. The van der Waals surface area contributed by atoms with E-state index in [9.17, 15) is 18.0 Å². The first kappa shape index (κ1) is 23.6. The number of rotatable bonds is 13. The van der Waals surface area contributed by atoms with E-state index in [1.807, 2.05) is 6.92 Å². The van der Waals surface area contributed by atoms with Gasteiger partial charge < -0.3 is 19.5 Å². The Hall–Kier alpha value is -2.63. The zero-order valence-corrected chi connectivity index (χ0v) is 18.1. The van der Waals surface area contributed by atoms with Crippen molar-refractivity contribution in [3.05, 3.63) is 41.8 Å². The monoisotopic (exact) mass is 456 g/mol. The summed E-state index contributed by atoms with van der Waals surface area (Å²) in [5.74, 6) is 0.242. The molecule has 1 heterocycles. The van der Waals surface area contributed by atoms with Gasteiger partial charge in [0.1, 0.15) is 22.3 Å². The third-order valence-corrected chi connectivity index (χ3v) is 6.43. The van der Waals surface area contributed by atoms with Gasteiger partial charge in [0.25, 0.3) is 5.91 Å². The van der Waals surface area contributed by atoms with Crippen molar-refractivity contribution in [3.63, 3.8) is 0 Å². The fourth-order valence-electron chi connectivity index (χ4n) is 2.20. The fourth-order valence-corrected chi connectivity index (χ4v) is 4.27. The number of nitrogens with one attached hydrogen (secondary N) is 2. The van der Waals surface area contributed by atoms with Crippen molar-refractivity contribution in [3.8, 4) is 11.5 Å². The highest BCUT2D eigenvalue weighted by atomic mass is 32.2. The van der Waals surface area contributed by atoms with E-state index < -0.39 is 28.5 Å². The van der Waals surface area contributed by atoms with Crippen LogP contribution in [-0.4, -0.2) is 53.2 Å². The van der Waals surface area contributed by atoms with E-state index in [0.29, 0.717) is 12.4 Å². The van der Waals surface area contributed by atoms with Gasteiger partial charge in [-0.3, -0.25) is 9.59 Å². The van der Waals surface area contributed by atoms with E-state index in [1.165, 1.54) is 6.07 Å². The summed E-state index contributed by atoms with van der Waals surface area (Å²) in [5, 5.41) is 4.21. The average molecular weight is 457 g/mol. The molecule has 2 aromatic rings. The average Bonchev–Trinajstić information content (AvgIpc) is 3.27. The van der Waals surface area contributed by atoms with Gasteiger partial charge in [-0.15, -0.1) is 11.3 Å². The van der Waals surface area contributed by atoms with Crippen LogP contribution >= 0.6 is 11.3 Å². The number of carbonyl (C=O) groups is 2. The van der Waals surface area contributed by atoms with Crippen LogP contribution in [0, 0.1) is 0 Å². The molecule has 1 amide bonds. The van der Waals surface area contributed by atoms with Crippen LogP contribution < -0.4 is 19.5 Å². The summed E-state index contributed by atoms with van der Waals surface area (Å²) in [6, 6.07) is 10.2. The number of esters is 1. The van der Waals surface area contributed by atoms with Crippen molar-refractivity contribution in [2.45, 2.75) is 17.6 Å². The van der Waals surface area contributed by atoms with Crippen LogP contribution in [0.25, 0.3) is 0 Å². The Balaban J connectivity index is 1.55. The first-order valence-corrected chi connectivity index (χ1v) is 11.6. The minimum absolute atomic E-state index is 0.114. The summed E-state index contributed by atoms with van der Waals surface area (Å²) in [6.45, 7) is 2.41. The van der Waals surface area contributed by atoms with Crippen LogP contribution in [0.3, 0.4) is 0 Å². The van der Waals surface area contributed by atoms with Crippen molar-refractivity contribution in [2.24, 2.45) is 0 Å². The zero-order valence-electron chi connectivity index (χ0n) is 16.5. The van der Waals surface area contributed by atoms with E-state index in [1.54, 1.807) is 35.7 Å². The Morgan fingerprint density at radius 1 is 1.03 bits per heavy atom. The number of carbonyl (C=O) groups excluding carboxylic acids is 2. The molecule has 0 fully saturated rings. The molecule has 0 atom stereocenters. The zero-order chi connectivity index (χ0) is 21.8. The van der Waals surface area contributed by atoms with Crippen LogP contribution in [0.1, 0.15) is 13.3 Å². The lowest BCUT2D eigenvalue weighted by molar-refractivity contribution is -0.148. The standard InChI is InChI=1S/C19H24N2O7S2/c1-2-26-15-5-7-16(8-6-15)27-12-11-20-17(22)14-28-18(23)9-10-21-30(24,25)19-4-3-13-29-19/h3-8,13,21H,2,9-12,14H2,1H3,(H,20,22). The van der Waals surface area contributed by atoms with Crippen molar-refractivity contribution >= 4 is 33.2 Å².